The average Bonchev–Trinajstić information content (AvgIpc) is 2.61. The summed E-state index contributed by atoms with van der Waals surface area (Å²) in [7, 11) is 0. The highest BCUT2D eigenvalue weighted by Crippen LogP contribution is 2.30. The van der Waals surface area contributed by atoms with E-state index < -0.39 is 23.2 Å². The van der Waals surface area contributed by atoms with E-state index in [9.17, 15) is 23.1 Å². The first-order valence-electron chi connectivity index (χ1n) is 8.13. The van der Waals surface area contributed by atoms with Gasteiger partial charge in [-0.3, -0.25) is 4.79 Å². The number of hydrogen-bond donors (Lipinski definition) is 0. The van der Waals surface area contributed by atoms with E-state index in [2.05, 4.69) is 4.98 Å². The van der Waals surface area contributed by atoms with Crippen LogP contribution in [0, 0.1) is 0 Å². The maximum absolute atomic E-state index is 13.0. The summed E-state index contributed by atoms with van der Waals surface area (Å²) in [6.07, 6.45) is -0.0598. The third-order valence-corrected chi connectivity index (χ3v) is 4.08. The molecule has 0 spiro atoms. The number of alkyl halides is 3. The normalized spacial score (nSPS) is 11.8. The van der Waals surface area contributed by atoms with Crippen LogP contribution in [0.2, 0.25) is 0 Å². The molecule has 0 atom stereocenters. The first-order valence-corrected chi connectivity index (χ1v) is 8.13. The summed E-state index contributed by atoms with van der Waals surface area (Å²) in [6, 6.07) is 5.95. The van der Waals surface area contributed by atoms with Crippen LogP contribution < -0.4 is 15.1 Å². The Morgan fingerprint density at radius 1 is 1.27 bits per heavy atom. The van der Waals surface area contributed by atoms with Crippen LogP contribution in [-0.2, 0) is 12.6 Å². The van der Waals surface area contributed by atoms with Crippen LogP contribution in [0.5, 0.6) is 5.88 Å². The molecule has 0 saturated carbocycles. The van der Waals surface area contributed by atoms with Crippen molar-refractivity contribution in [3.05, 3.63) is 64.2 Å². The number of nitrogens with zero attached hydrogens (tertiary/aromatic N) is 3. The Balaban J connectivity index is 2.34. The highest BCUT2D eigenvalue weighted by Gasteiger charge is 2.31. The molecule has 0 bridgehead atoms. The van der Waals surface area contributed by atoms with Crippen molar-refractivity contribution in [3.8, 4) is 11.6 Å². The first kappa shape index (κ1) is 17.9. The van der Waals surface area contributed by atoms with Crippen molar-refractivity contribution < 1.29 is 22.7 Å². The molecule has 0 amide bonds. The lowest BCUT2D eigenvalue weighted by Crippen LogP contribution is -2.40. The summed E-state index contributed by atoms with van der Waals surface area (Å²) in [5.74, 6) is -0.517. The number of rotatable bonds is 4. The molecule has 0 aliphatic carbocycles. The van der Waals surface area contributed by atoms with E-state index in [0.29, 0.717) is 6.42 Å². The Morgan fingerprint density at radius 2 is 2.04 bits per heavy atom. The molecule has 2 aromatic heterocycles. The Labute approximate surface area is 147 Å². The van der Waals surface area contributed by atoms with Gasteiger partial charge in [0.2, 0.25) is 0 Å². The molecule has 2 heterocycles. The first-order chi connectivity index (χ1) is 12.3. The van der Waals surface area contributed by atoms with Gasteiger partial charge in [0.25, 0.3) is 0 Å². The second kappa shape index (κ2) is 6.78. The van der Waals surface area contributed by atoms with Gasteiger partial charge in [0.15, 0.2) is 0 Å². The maximum Gasteiger partial charge on any atom is 0.416 e. The Morgan fingerprint density at radius 3 is 2.73 bits per heavy atom. The summed E-state index contributed by atoms with van der Waals surface area (Å²) in [5, 5.41) is 12.6. The number of hydrogen-bond acceptors (Lipinski definition) is 3. The van der Waals surface area contributed by atoms with E-state index in [-0.39, 0.29) is 23.4 Å². The summed E-state index contributed by atoms with van der Waals surface area (Å²) in [5.41, 5.74) is -1.47. The van der Waals surface area contributed by atoms with Crippen LogP contribution in [-0.4, -0.2) is 9.55 Å². The monoisotopic (exact) mass is 363 g/mol. The molecule has 26 heavy (non-hydrogen) atoms. The molecule has 0 aliphatic heterocycles. The quantitative estimate of drug-likeness (QED) is 0.669. The van der Waals surface area contributed by atoms with E-state index in [4.69, 9.17) is 0 Å². The van der Waals surface area contributed by atoms with Crippen LogP contribution in [0.1, 0.15) is 30.9 Å². The smallest absolute Gasteiger partial charge is 0.416 e. The van der Waals surface area contributed by atoms with Gasteiger partial charge >= 0.3 is 17.5 Å². The van der Waals surface area contributed by atoms with Gasteiger partial charge in [-0.05, 0) is 31.0 Å². The zero-order valence-electron chi connectivity index (χ0n) is 14.0. The fraction of sp³-hybridized carbons (Fsp3) is 0.278. The van der Waals surface area contributed by atoms with Gasteiger partial charge < -0.3 is 5.11 Å². The van der Waals surface area contributed by atoms with Gasteiger partial charge in [0.05, 0.1) is 17.3 Å². The molecular weight excluding hydrogens is 347 g/mol. The van der Waals surface area contributed by atoms with Crippen LogP contribution in [0.3, 0.4) is 0 Å². The van der Waals surface area contributed by atoms with Gasteiger partial charge in [-0.2, -0.15) is 17.7 Å². The van der Waals surface area contributed by atoms with Crippen LogP contribution >= 0.6 is 0 Å². The molecule has 0 saturated heterocycles. The molecule has 3 aromatic rings. The molecule has 0 aliphatic rings. The second-order valence-corrected chi connectivity index (χ2v) is 5.87. The van der Waals surface area contributed by atoms with Crippen LogP contribution in [0.25, 0.3) is 11.5 Å². The number of fused-ring (bicyclic) bond motifs is 1. The topological polar surface area (TPSA) is 62.0 Å². The van der Waals surface area contributed by atoms with Gasteiger partial charge in [-0.1, -0.05) is 24.4 Å². The number of unbranched alkanes of at least 4 members (excludes halogenated alkanes) is 1. The number of benzene rings is 1. The molecule has 0 radical (unpaired) electrons. The predicted octanol–water partition coefficient (Wildman–Crippen LogP) is 2.41. The molecule has 8 heteroatoms. The minimum Gasteiger partial charge on any atom is -0.848 e. The zero-order valence-corrected chi connectivity index (χ0v) is 14.0. The third kappa shape index (κ3) is 3.14. The van der Waals surface area contributed by atoms with Crippen molar-refractivity contribution in [2.45, 2.75) is 32.4 Å². The standard InChI is InChI=1S/C18H16F3N3O2/c1-2-3-8-14-15(25)23-10-5-9-22-17(23)24(16(14)26)13-7-4-6-12(11-13)18(19,20)21/h4-7,9-11H,2-3,8H2,1H3. The minimum atomic E-state index is -4.54. The lowest BCUT2D eigenvalue weighted by Gasteiger charge is -2.15. The van der Waals surface area contributed by atoms with Crippen molar-refractivity contribution in [1.82, 2.24) is 9.55 Å². The van der Waals surface area contributed by atoms with Crippen molar-refractivity contribution in [3.63, 3.8) is 0 Å². The molecule has 3 rings (SSSR count). The molecular formula is C18H16F3N3O2. The number of halogens is 3. The summed E-state index contributed by atoms with van der Waals surface area (Å²) in [4.78, 5) is 16.9. The lowest BCUT2D eigenvalue weighted by molar-refractivity contribution is -0.590. The zero-order chi connectivity index (χ0) is 18.9. The Hall–Kier alpha value is -2.90. The predicted molar refractivity (Wildman–Crippen MR) is 86.1 cm³/mol. The molecule has 0 unspecified atom stereocenters. The van der Waals surface area contributed by atoms with Gasteiger partial charge in [-0.15, -0.1) is 0 Å². The van der Waals surface area contributed by atoms with E-state index in [0.717, 1.165) is 23.1 Å². The van der Waals surface area contributed by atoms with E-state index in [1.165, 1.54) is 35.0 Å². The maximum atomic E-state index is 13.0. The SMILES string of the molecule is CCCCc1c([O-])[n+]2cccnc2n(-c2cccc(C(F)(F)F)c2)c1=O. The molecule has 0 N–H and O–H groups in total. The third-order valence-electron chi connectivity index (χ3n) is 4.08. The van der Waals surface area contributed by atoms with Crippen LogP contribution in [0.15, 0.2) is 47.5 Å². The lowest BCUT2D eigenvalue weighted by atomic mass is 10.1. The Bertz CT molecular complexity index is 1010. The van der Waals surface area contributed by atoms with Gasteiger partial charge in [0, 0.05) is 11.9 Å². The van der Waals surface area contributed by atoms with Crippen molar-refractivity contribution in [2.24, 2.45) is 0 Å². The largest absolute Gasteiger partial charge is 0.848 e. The minimum absolute atomic E-state index is 0.0128. The molecule has 136 valence electrons. The van der Waals surface area contributed by atoms with Gasteiger partial charge in [0.1, 0.15) is 11.9 Å². The molecule has 0 fully saturated rings. The average molecular weight is 363 g/mol. The van der Waals surface area contributed by atoms with Crippen molar-refractivity contribution in [2.75, 3.05) is 0 Å². The molecule has 1 aromatic carbocycles. The highest BCUT2D eigenvalue weighted by atomic mass is 19.4. The fourth-order valence-corrected chi connectivity index (χ4v) is 2.77. The van der Waals surface area contributed by atoms with Crippen molar-refractivity contribution >= 4 is 5.78 Å². The highest BCUT2D eigenvalue weighted by molar-refractivity contribution is 5.44. The summed E-state index contributed by atoms with van der Waals surface area (Å²) in [6.45, 7) is 1.92. The van der Waals surface area contributed by atoms with E-state index >= 15 is 0 Å². The Kier molecular flexibility index (Phi) is 4.67. The van der Waals surface area contributed by atoms with Crippen molar-refractivity contribution in [1.29, 1.82) is 0 Å². The second-order valence-electron chi connectivity index (χ2n) is 5.87. The van der Waals surface area contributed by atoms with Gasteiger partial charge in [-0.25, -0.2) is 4.40 Å². The number of aromatic nitrogens is 3. The summed E-state index contributed by atoms with van der Waals surface area (Å²) >= 11 is 0. The van der Waals surface area contributed by atoms with E-state index in [1.54, 1.807) is 0 Å². The summed E-state index contributed by atoms with van der Waals surface area (Å²) < 4.78 is 41.4. The van der Waals surface area contributed by atoms with Crippen LogP contribution in [0.4, 0.5) is 13.2 Å². The van der Waals surface area contributed by atoms with E-state index in [1.807, 2.05) is 6.92 Å². The molecule has 5 nitrogen and oxygen atoms in total. The fourth-order valence-electron chi connectivity index (χ4n) is 2.77.